The molecule has 2 rings (SSSR count). The number of benzene rings is 2. The summed E-state index contributed by atoms with van der Waals surface area (Å²) in [5, 5.41) is 0. The highest BCUT2D eigenvalue weighted by molar-refractivity contribution is 5.74. The van der Waals surface area contributed by atoms with Crippen LogP contribution in [0.1, 0.15) is 76.8 Å². The predicted octanol–water partition coefficient (Wildman–Crippen LogP) is 6.91. The lowest BCUT2D eigenvalue weighted by Gasteiger charge is -2.35. The molecule has 182 valence electrons. The van der Waals surface area contributed by atoms with Crippen LogP contribution in [0.25, 0.3) is 0 Å². The third-order valence-corrected chi connectivity index (χ3v) is 6.40. The summed E-state index contributed by atoms with van der Waals surface area (Å²) >= 11 is 0. The zero-order valence-corrected chi connectivity index (χ0v) is 21.4. The van der Waals surface area contributed by atoms with Crippen LogP contribution in [0.15, 0.2) is 54.6 Å². The van der Waals surface area contributed by atoms with Crippen molar-refractivity contribution in [3.05, 3.63) is 65.7 Å². The number of aryl methyl sites for hydroxylation is 1. The van der Waals surface area contributed by atoms with Crippen LogP contribution in [0.5, 0.6) is 5.75 Å². The van der Waals surface area contributed by atoms with Crippen molar-refractivity contribution in [2.45, 2.75) is 91.0 Å². The van der Waals surface area contributed by atoms with Gasteiger partial charge in [-0.25, -0.2) is 4.79 Å². The van der Waals surface area contributed by atoms with Gasteiger partial charge in [0.05, 0.1) is 14.1 Å². The summed E-state index contributed by atoms with van der Waals surface area (Å²) in [6.45, 7) is 6.70. The van der Waals surface area contributed by atoms with Crippen LogP contribution in [0.2, 0.25) is 0 Å². The topological polar surface area (TPSA) is 35.5 Å². The SMILES string of the molecule is CCCCCCCCCc1ccc(OC(C)OC(=O)C(C)[N+](C)(C)Cc2ccccc2)cc1. The molecule has 2 aromatic carbocycles. The van der Waals surface area contributed by atoms with Crippen LogP contribution >= 0.6 is 0 Å². The molecule has 0 N–H and O–H groups in total. The minimum Gasteiger partial charge on any atom is -0.455 e. The van der Waals surface area contributed by atoms with E-state index in [0.717, 1.165) is 18.7 Å². The first-order valence-corrected chi connectivity index (χ1v) is 12.6. The molecule has 0 aliphatic heterocycles. The molecule has 0 amide bonds. The first-order chi connectivity index (χ1) is 15.8. The molecule has 0 heterocycles. The van der Waals surface area contributed by atoms with Crippen LogP contribution in [-0.2, 0) is 22.5 Å². The van der Waals surface area contributed by atoms with Crippen molar-refractivity contribution in [1.29, 1.82) is 0 Å². The van der Waals surface area contributed by atoms with E-state index in [-0.39, 0.29) is 12.0 Å². The molecule has 0 fully saturated rings. The van der Waals surface area contributed by atoms with E-state index in [1.807, 2.05) is 51.4 Å². The van der Waals surface area contributed by atoms with Crippen LogP contribution in [-0.4, -0.2) is 36.9 Å². The van der Waals surface area contributed by atoms with Crippen molar-refractivity contribution in [2.24, 2.45) is 0 Å². The predicted molar refractivity (Wildman–Crippen MR) is 136 cm³/mol. The number of quaternary nitrogens is 1. The van der Waals surface area contributed by atoms with E-state index in [9.17, 15) is 4.79 Å². The lowest BCUT2D eigenvalue weighted by Crippen LogP contribution is -2.51. The largest absolute Gasteiger partial charge is 0.455 e. The molecule has 4 heteroatoms. The van der Waals surface area contributed by atoms with Gasteiger partial charge in [0.15, 0.2) is 6.04 Å². The number of ether oxygens (including phenoxy) is 2. The maximum Gasteiger partial charge on any atom is 0.367 e. The van der Waals surface area contributed by atoms with Crippen molar-refractivity contribution >= 4 is 5.97 Å². The molecular weight excluding hydrogens is 410 g/mol. The van der Waals surface area contributed by atoms with Crippen molar-refractivity contribution in [2.75, 3.05) is 14.1 Å². The molecule has 0 spiro atoms. The molecule has 0 aliphatic carbocycles. The van der Waals surface area contributed by atoms with E-state index >= 15 is 0 Å². The highest BCUT2D eigenvalue weighted by Crippen LogP contribution is 2.19. The summed E-state index contributed by atoms with van der Waals surface area (Å²) in [4.78, 5) is 12.7. The summed E-state index contributed by atoms with van der Waals surface area (Å²) in [7, 11) is 4.10. The van der Waals surface area contributed by atoms with Crippen LogP contribution in [0.4, 0.5) is 0 Å². The van der Waals surface area contributed by atoms with Gasteiger partial charge < -0.3 is 14.0 Å². The molecule has 0 bridgehead atoms. The van der Waals surface area contributed by atoms with Gasteiger partial charge in [-0.2, -0.15) is 0 Å². The zero-order chi connectivity index (χ0) is 24.1. The Balaban J connectivity index is 1.74. The van der Waals surface area contributed by atoms with Gasteiger partial charge in [0.25, 0.3) is 0 Å². The number of carbonyl (C=O) groups excluding carboxylic acids is 1. The van der Waals surface area contributed by atoms with E-state index in [0.29, 0.717) is 4.48 Å². The molecule has 4 nitrogen and oxygen atoms in total. The van der Waals surface area contributed by atoms with Gasteiger partial charge in [-0.3, -0.25) is 0 Å². The maximum absolute atomic E-state index is 12.7. The lowest BCUT2D eigenvalue weighted by atomic mass is 10.0. The monoisotopic (exact) mass is 454 g/mol. The highest BCUT2D eigenvalue weighted by Gasteiger charge is 2.33. The van der Waals surface area contributed by atoms with E-state index in [1.54, 1.807) is 6.92 Å². The van der Waals surface area contributed by atoms with Crippen molar-refractivity contribution < 1.29 is 18.8 Å². The van der Waals surface area contributed by atoms with Crippen molar-refractivity contribution in [1.82, 2.24) is 0 Å². The van der Waals surface area contributed by atoms with Gasteiger partial charge >= 0.3 is 5.97 Å². The first-order valence-electron chi connectivity index (χ1n) is 12.6. The van der Waals surface area contributed by atoms with Gasteiger partial charge in [-0.1, -0.05) is 87.9 Å². The van der Waals surface area contributed by atoms with Crippen LogP contribution in [0.3, 0.4) is 0 Å². The number of hydrogen-bond donors (Lipinski definition) is 0. The molecule has 33 heavy (non-hydrogen) atoms. The third-order valence-electron chi connectivity index (χ3n) is 6.40. The third kappa shape index (κ3) is 10.00. The summed E-state index contributed by atoms with van der Waals surface area (Å²) in [6, 6.07) is 18.1. The Bertz CT molecular complexity index is 801. The standard InChI is InChI=1S/C29H44NO3/c1-6-7-8-9-10-11-13-16-26-19-21-28(22-20-26)32-25(3)33-29(31)24(2)30(4,5)23-27-17-14-12-15-18-27/h12,14-15,17-22,24-25H,6-11,13,16,23H2,1-5H3/q+1. The van der Waals surface area contributed by atoms with E-state index in [2.05, 4.69) is 31.2 Å². The molecule has 0 radical (unpaired) electrons. The fourth-order valence-corrected chi connectivity index (χ4v) is 3.97. The van der Waals surface area contributed by atoms with E-state index < -0.39 is 6.29 Å². The maximum atomic E-state index is 12.7. The summed E-state index contributed by atoms with van der Waals surface area (Å²) < 4.78 is 12.0. The second-order valence-corrected chi connectivity index (χ2v) is 9.74. The Hall–Kier alpha value is -2.33. The Morgan fingerprint density at radius 1 is 0.818 bits per heavy atom. The van der Waals surface area contributed by atoms with Gasteiger partial charge in [0, 0.05) is 12.5 Å². The second kappa shape index (κ2) is 14.0. The Kier molecular flexibility index (Phi) is 11.5. The van der Waals surface area contributed by atoms with Gasteiger partial charge in [-0.15, -0.1) is 0 Å². The van der Waals surface area contributed by atoms with Crippen LogP contribution in [0, 0.1) is 0 Å². The number of likely N-dealkylation sites (N-methyl/N-ethyl adjacent to an activating group) is 1. The molecular formula is C29H44NO3+. The number of rotatable bonds is 15. The fraction of sp³-hybridized carbons (Fsp3) is 0.552. The zero-order valence-electron chi connectivity index (χ0n) is 21.4. The van der Waals surface area contributed by atoms with Crippen LogP contribution < -0.4 is 4.74 Å². The molecule has 0 saturated carbocycles. The lowest BCUT2D eigenvalue weighted by molar-refractivity contribution is -0.917. The molecule has 0 saturated heterocycles. The minimum absolute atomic E-state index is 0.251. The molecule has 0 aromatic heterocycles. The Labute approximate surface area is 201 Å². The molecule has 2 unspecified atom stereocenters. The first kappa shape index (κ1) is 26.9. The minimum atomic E-state index is -0.634. The summed E-state index contributed by atoms with van der Waals surface area (Å²) in [5.74, 6) is 0.475. The van der Waals surface area contributed by atoms with E-state index in [1.165, 1.54) is 56.1 Å². The van der Waals surface area contributed by atoms with Gasteiger partial charge in [-0.05, 0) is 37.5 Å². The second-order valence-electron chi connectivity index (χ2n) is 9.74. The van der Waals surface area contributed by atoms with E-state index in [4.69, 9.17) is 9.47 Å². The fourth-order valence-electron chi connectivity index (χ4n) is 3.97. The smallest absolute Gasteiger partial charge is 0.367 e. The normalized spacial score (nSPS) is 13.4. The van der Waals surface area contributed by atoms with Gasteiger partial charge in [0.2, 0.25) is 6.29 Å². The number of esters is 1. The van der Waals surface area contributed by atoms with Gasteiger partial charge in [0.1, 0.15) is 12.3 Å². The quantitative estimate of drug-likeness (QED) is 0.127. The molecule has 2 atom stereocenters. The molecule has 2 aromatic rings. The Morgan fingerprint density at radius 2 is 1.42 bits per heavy atom. The number of carbonyl (C=O) groups is 1. The molecule has 0 aliphatic rings. The number of nitrogens with zero attached hydrogens (tertiary/aromatic N) is 1. The average molecular weight is 455 g/mol. The number of unbranched alkanes of at least 4 members (excludes halogenated alkanes) is 6. The summed E-state index contributed by atoms with van der Waals surface area (Å²) in [5.41, 5.74) is 2.53. The number of hydrogen-bond acceptors (Lipinski definition) is 3. The summed E-state index contributed by atoms with van der Waals surface area (Å²) in [6.07, 6.45) is 9.72. The van der Waals surface area contributed by atoms with Crippen molar-refractivity contribution in [3.63, 3.8) is 0 Å². The highest BCUT2D eigenvalue weighted by atomic mass is 16.7. The van der Waals surface area contributed by atoms with Crippen molar-refractivity contribution in [3.8, 4) is 5.75 Å². The average Bonchev–Trinajstić information content (AvgIpc) is 2.79. The Morgan fingerprint density at radius 3 is 2.06 bits per heavy atom.